The summed E-state index contributed by atoms with van der Waals surface area (Å²) in [6.07, 6.45) is 0.683. The monoisotopic (exact) mass is 334 g/mol. The minimum Gasteiger partial charge on any atom is -0.268 e. The minimum absolute atomic E-state index is 0.290. The maximum atomic E-state index is 11.8. The first kappa shape index (κ1) is 15.1. The van der Waals surface area contributed by atoms with E-state index in [0.717, 1.165) is 8.78 Å². The standard InChI is InChI=1S/C11H15BrN2O3S/c1-3-7-14(2)18(16,17)13-11(15)9-5-4-6-10(12)8-9/h4-6,8H,3,7H2,1-2H3,(H,13,15). The van der Waals surface area contributed by atoms with Crippen LogP contribution in [0.5, 0.6) is 0 Å². The lowest BCUT2D eigenvalue weighted by molar-refractivity contribution is 0.0979. The smallest absolute Gasteiger partial charge is 0.268 e. The van der Waals surface area contributed by atoms with Gasteiger partial charge in [0.25, 0.3) is 5.91 Å². The Kier molecular flexibility index (Phi) is 5.30. The molecule has 0 unspecified atom stereocenters. The zero-order valence-electron chi connectivity index (χ0n) is 10.2. The molecule has 18 heavy (non-hydrogen) atoms. The summed E-state index contributed by atoms with van der Waals surface area (Å²) >= 11 is 3.22. The molecule has 0 aliphatic carbocycles. The average Bonchev–Trinajstić information content (AvgIpc) is 2.28. The maximum absolute atomic E-state index is 11.8. The number of carbonyl (C=O) groups excluding carboxylic acids is 1. The lowest BCUT2D eigenvalue weighted by Crippen LogP contribution is -2.41. The topological polar surface area (TPSA) is 66.5 Å². The Morgan fingerprint density at radius 2 is 2.11 bits per heavy atom. The fourth-order valence-electron chi connectivity index (χ4n) is 1.32. The molecule has 0 aliphatic heterocycles. The molecule has 0 fully saturated rings. The van der Waals surface area contributed by atoms with Crippen molar-refractivity contribution in [2.24, 2.45) is 0 Å². The van der Waals surface area contributed by atoms with Crippen LogP contribution in [-0.4, -0.2) is 32.2 Å². The summed E-state index contributed by atoms with van der Waals surface area (Å²) in [6.45, 7) is 2.23. The van der Waals surface area contributed by atoms with Crippen LogP contribution in [0.4, 0.5) is 0 Å². The second kappa shape index (κ2) is 6.31. The molecule has 1 amide bonds. The lowest BCUT2D eigenvalue weighted by Gasteiger charge is -2.16. The largest absolute Gasteiger partial charge is 0.303 e. The Hall–Kier alpha value is -0.920. The second-order valence-electron chi connectivity index (χ2n) is 3.77. The number of halogens is 1. The molecule has 1 rings (SSSR count). The van der Waals surface area contributed by atoms with Crippen LogP contribution in [0, 0.1) is 0 Å². The van der Waals surface area contributed by atoms with Crippen LogP contribution in [0.2, 0.25) is 0 Å². The highest BCUT2D eigenvalue weighted by Gasteiger charge is 2.20. The van der Waals surface area contributed by atoms with Crippen LogP contribution in [0.25, 0.3) is 0 Å². The molecule has 0 saturated carbocycles. The summed E-state index contributed by atoms with van der Waals surface area (Å²) in [4.78, 5) is 11.8. The van der Waals surface area contributed by atoms with Crippen molar-refractivity contribution in [1.29, 1.82) is 0 Å². The van der Waals surface area contributed by atoms with Gasteiger partial charge in [0.05, 0.1) is 0 Å². The SMILES string of the molecule is CCCN(C)S(=O)(=O)NC(=O)c1cccc(Br)c1. The van der Waals surface area contributed by atoms with Crippen molar-refractivity contribution in [2.45, 2.75) is 13.3 Å². The molecular formula is C11H15BrN2O3S. The van der Waals surface area contributed by atoms with Crippen LogP contribution in [-0.2, 0) is 10.2 Å². The van der Waals surface area contributed by atoms with Gasteiger partial charge in [-0.25, -0.2) is 4.72 Å². The third-order valence-electron chi connectivity index (χ3n) is 2.26. The fourth-order valence-corrected chi connectivity index (χ4v) is 2.65. The molecule has 0 aliphatic rings. The predicted molar refractivity (Wildman–Crippen MR) is 73.4 cm³/mol. The van der Waals surface area contributed by atoms with Crippen molar-refractivity contribution in [3.05, 3.63) is 34.3 Å². The van der Waals surface area contributed by atoms with E-state index in [1.54, 1.807) is 24.3 Å². The van der Waals surface area contributed by atoms with Gasteiger partial charge in [-0.3, -0.25) is 4.79 Å². The highest BCUT2D eigenvalue weighted by atomic mass is 79.9. The van der Waals surface area contributed by atoms with Crippen LogP contribution in [0.1, 0.15) is 23.7 Å². The zero-order chi connectivity index (χ0) is 13.8. The van der Waals surface area contributed by atoms with Gasteiger partial charge in [-0.15, -0.1) is 0 Å². The molecule has 0 saturated heterocycles. The van der Waals surface area contributed by atoms with Crippen molar-refractivity contribution in [3.63, 3.8) is 0 Å². The van der Waals surface area contributed by atoms with Gasteiger partial charge in [0, 0.05) is 23.6 Å². The fraction of sp³-hybridized carbons (Fsp3) is 0.364. The molecule has 1 aromatic carbocycles. The molecule has 0 heterocycles. The van der Waals surface area contributed by atoms with Crippen molar-refractivity contribution in [1.82, 2.24) is 9.03 Å². The van der Waals surface area contributed by atoms with E-state index in [-0.39, 0.29) is 5.56 Å². The number of nitrogens with one attached hydrogen (secondary N) is 1. The number of amides is 1. The van der Waals surface area contributed by atoms with Gasteiger partial charge in [0.1, 0.15) is 0 Å². The van der Waals surface area contributed by atoms with Crippen molar-refractivity contribution < 1.29 is 13.2 Å². The van der Waals surface area contributed by atoms with E-state index in [1.807, 2.05) is 11.6 Å². The van der Waals surface area contributed by atoms with E-state index in [2.05, 4.69) is 15.9 Å². The molecular weight excluding hydrogens is 320 g/mol. The highest BCUT2D eigenvalue weighted by Crippen LogP contribution is 2.11. The predicted octanol–water partition coefficient (Wildman–Crippen LogP) is 1.77. The van der Waals surface area contributed by atoms with Gasteiger partial charge in [-0.2, -0.15) is 12.7 Å². The van der Waals surface area contributed by atoms with Gasteiger partial charge in [0.2, 0.25) is 0 Å². The summed E-state index contributed by atoms with van der Waals surface area (Å²) < 4.78 is 27.4. The normalized spacial score (nSPS) is 11.6. The molecule has 0 radical (unpaired) electrons. The molecule has 100 valence electrons. The highest BCUT2D eigenvalue weighted by molar-refractivity contribution is 9.10. The minimum atomic E-state index is -3.76. The summed E-state index contributed by atoms with van der Waals surface area (Å²) in [5.74, 6) is -0.640. The van der Waals surface area contributed by atoms with Crippen LogP contribution < -0.4 is 4.72 Å². The second-order valence-corrected chi connectivity index (χ2v) is 6.46. The molecule has 0 spiro atoms. The Balaban J connectivity index is 2.82. The average molecular weight is 335 g/mol. The zero-order valence-corrected chi connectivity index (χ0v) is 12.6. The molecule has 1 aromatic rings. The number of hydrogen-bond acceptors (Lipinski definition) is 3. The van der Waals surface area contributed by atoms with Gasteiger partial charge in [0.15, 0.2) is 0 Å². The Morgan fingerprint density at radius 3 is 2.67 bits per heavy atom. The summed E-state index contributed by atoms with van der Waals surface area (Å²) in [6, 6.07) is 6.54. The lowest BCUT2D eigenvalue weighted by atomic mass is 10.2. The number of carbonyl (C=O) groups is 1. The molecule has 0 bridgehead atoms. The first-order valence-electron chi connectivity index (χ1n) is 5.41. The van der Waals surface area contributed by atoms with Crippen LogP contribution >= 0.6 is 15.9 Å². The summed E-state index contributed by atoms with van der Waals surface area (Å²) in [5.41, 5.74) is 0.290. The number of hydrogen-bond donors (Lipinski definition) is 1. The molecule has 0 aromatic heterocycles. The van der Waals surface area contributed by atoms with Gasteiger partial charge < -0.3 is 0 Å². The van der Waals surface area contributed by atoms with E-state index in [1.165, 1.54) is 7.05 Å². The van der Waals surface area contributed by atoms with E-state index in [0.29, 0.717) is 13.0 Å². The number of benzene rings is 1. The number of nitrogens with zero attached hydrogens (tertiary/aromatic N) is 1. The summed E-state index contributed by atoms with van der Waals surface area (Å²) in [5, 5.41) is 0. The van der Waals surface area contributed by atoms with Gasteiger partial charge in [-0.1, -0.05) is 28.9 Å². The third kappa shape index (κ3) is 4.08. The van der Waals surface area contributed by atoms with E-state index in [9.17, 15) is 13.2 Å². The molecule has 7 heteroatoms. The van der Waals surface area contributed by atoms with Gasteiger partial charge in [-0.05, 0) is 24.6 Å². The Labute approximate surface area is 115 Å². The van der Waals surface area contributed by atoms with E-state index in [4.69, 9.17) is 0 Å². The number of rotatable bonds is 5. The third-order valence-corrected chi connectivity index (χ3v) is 4.20. The Morgan fingerprint density at radius 1 is 1.44 bits per heavy atom. The molecule has 5 nitrogen and oxygen atoms in total. The first-order chi connectivity index (χ1) is 8.36. The first-order valence-corrected chi connectivity index (χ1v) is 7.64. The van der Waals surface area contributed by atoms with E-state index >= 15 is 0 Å². The summed E-state index contributed by atoms with van der Waals surface area (Å²) in [7, 11) is -2.33. The van der Waals surface area contributed by atoms with Gasteiger partial charge >= 0.3 is 10.2 Å². The van der Waals surface area contributed by atoms with Crippen molar-refractivity contribution >= 4 is 32.0 Å². The quantitative estimate of drug-likeness (QED) is 0.892. The van der Waals surface area contributed by atoms with Crippen LogP contribution in [0.3, 0.4) is 0 Å². The van der Waals surface area contributed by atoms with Crippen molar-refractivity contribution in [2.75, 3.05) is 13.6 Å². The maximum Gasteiger partial charge on any atom is 0.303 e. The molecule has 0 atom stereocenters. The van der Waals surface area contributed by atoms with Crippen LogP contribution in [0.15, 0.2) is 28.7 Å². The van der Waals surface area contributed by atoms with Crippen molar-refractivity contribution in [3.8, 4) is 0 Å². The molecule has 1 N–H and O–H groups in total. The Bertz CT molecular complexity index is 531. The van der Waals surface area contributed by atoms with E-state index < -0.39 is 16.1 Å².